The van der Waals surface area contributed by atoms with Gasteiger partial charge in [0.25, 0.3) is 0 Å². The summed E-state index contributed by atoms with van der Waals surface area (Å²) in [5, 5.41) is 2.64. The van der Waals surface area contributed by atoms with E-state index in [2.05, 4.69) is 33.2 Å². The molecule has 1 saturated heterocycles. The number of likely N-dealkylation sites (N-methyl/N-ethyl adjacent to an activating group) is 1. The van der Waals surface area contributed by atoms with Gasteiger partial charge in [-0.05, 0) is 51.2 Å². The Labute approximate surface area is 133 Å². The number of likely N-dealkylation sites (tertiary alicyclic amines) is 1. The zero-order chi connectivity index (χ0) is 15.4. The Morgan fingerprint density at radius 2 is 2.00 bits per heavy atom. The highest BCUT2D eigenvalue weighted by Crippen LogP contribution is 2.17. The first-order valence-corrected chi connectivity index (χ1v) is 7.79. The van der Waals surface area contributed by atoms with Crippen molar-refractivity contribution in [1.82, 2.24) is 9.80 Å². The Morgan fingerprint density at radius 3 is 2.62 bits per heavy atom. The van der Waals surface area contributed by atoms with Crippen molar-refractivity contribution in [3.63, 3.8) is 0 Å². The fraction of sp³-hybridized carbons (Fsp3) is 0.467. The van der Waals surface area contributed by atoms with E-state index in [1.807, 2.05) is 12.1 Å². The van der Waals surface area contributed by atoms with E-state index >= 15 is 0 Å². The van der Waals surface area contributed by atoms with Crippen molar-refractivity contribution in [3.8, 4) is 0 Å². The lowest BCUT2D eigenvalue weighted by Crippen LogP contribution is -2.47. The van der Waals surface area contributed by atoms with E-state index in [-0.39, 0.29) is 6.04 Å². The first-order valence-electron chi connectivity index (χ1n) is 6.99. The average Bonchev–Trinajstić information content (AvgIpc) is 2.46. The normalized spacial score (nSPS) is 16.5. The monoisotopic (exact) mass is 353 g/mol. The van der Waals surface area contributed by atoms with Gasteiger partial charge in [-0.2, -0.15) is 0 Å². The molecule has 0 unspecified atom stereocenters. The van der Waals surface area contributed by atoms with Crippen molar-refractivity contribution in [2.75, 3.05) is 32.5 Å². The summed E-state index contributed by atoms with van der Waals surface area (Å²) < 4.78 is 0.858. The Balaban J connectivity index is 1.94. The molecule has 2 rings (SSSR count). The molecule has 0 aliphatic carbocycles. The van der Waals surface area contributed by atoms with Crippen LogP contribution in [0.5, 0.6) is 0 Å². The van der Waals surface area contributed by atoms with Crippen LogP contribution in [0.1, 0.15) is 12.8 Å². The number of nitrogens with one attached hydrogen (secondary N) is 1. The number of rotatable bonds is 2. The van der Waals surface area contributed by atoms with Gasteiger partial charge in [0.05, 0.1) is 0 Å². The van der Waals surface area contributed by atoms with Crippen molar-refractivity contribution in [3.05, 3.63) is 28.7 Å². The molecule has 1 aliphatic heterocycles. The molecule has 0 atom stereocenters. The number of carbonyl (C=O) groups is 2. The molecule has 0 aromatic heterocycles. The third kappa shape index (κ3) is 4.28. The molecule has 0 radical (unpaired) electrons. The van der Waals surface area contributed by atoms with Gasteiger partial charge in [-0.25, -0.2) is 0 Å². The highest BCUT2D eigenvalue weighted by Gasteiger charge is 2.27. The van der Waals surface area contributed by atoms with Gasteiger partial charge in [-0.1, -0.05) is 22.0 Å². The number of amides is 2. The average molecular weight is 354 g/mol. The number of nitrogens with zero attached hydrogens (tertiary/aromatic N) is 2. The molecule has 1 N–H and O–H groups in total. The number of anilines is 1. The van der Waals surface area contributed by atoms with E-state index < -0.39 is 11.8 Å². The zero-order valence-electron chi connectivity index (χ0n) is 12.3. The van der Waals surface area contributed by atoms with Crippen LogP contribution in [0.15, 0.2) is 28.7 Å². The maximum absolute atomic E-state index is 12.2. The highest BCUT2D eigenvalue weighted by atomic mass is 79.9. The maximum Gasteiger partial charge on any atom is 0.313 e. The summed E-state index contributed by atoms with van der Waals surface area (Å²) in [4.78, 5) is 28.0. The van der Waals surface area contributed by atoms with Crippen molar-refractivity contribution < 1.29 is 9.59 Å². The van der Waals surface area contributed by atoms with Crippen molar-refractivity contribution >= 4 is 33.4 Å². The Bertz CT molecular complexity index is 527. The third-order valence-corrected chi connectivity index (χ3v) is 4.33. The second-order valence-electron chi connectivity index (χ2n) is 5.41. The summed E-state index contributed by atoms with van der Waals surface area (Å²) in [7, 11) is 3.77. The Morgan fingerprint density at radius 1 is 1.33 bits per heavy atom. The zero-order valence-corrected chi connectivity index (χ0v) is 13.9. The number of hydrogen-bond donors (Lipinski definition) is 1. The number of benzene rings is 1. The van der Waals surface area contributed by atoms with Crippen LogP contribution >= 0.6 is 15.9 Å². The second-order valence-corrected chi connectivity index (χ2v) is 6.33. The molecule has 0 spiro atoms. The Hall–Kier alpha value is -1.40. The minimum absolute atomic E-state index is 0.141. The molecule has 1 heterocycles. The van der Waals surface area contributed by atoms with E-state index in [0.29, 0.717) is 5.69 Å². The van der Waals surface area contributed by atoms with Crippen LogP contribution in [0.3, 0.4) is 0 Å². The smallest absolute Gasteiger partial charge is 0.313 e. The molecule has 21 heavy (non-hydrogen) atoms. The molecule has 2 amide bonds. The predicted molar refractivity (Wildman–Crippen MR) is 86.1 cm³/mol. The minimum atomic E-state index is -0.588. The Kier molecular flexibility index (Phi) is 5.36. The lowest BCUT2D eigenvalue weighted by molar-refractivity contribution is -0.144. The van der Waals surface area contributed by atoms with Gasteiger partial charge in [-0.15, -0.1) is 0 Å². The van der Waals surface area contributed by atoms with Crippen LogP contribution in [0.4, 0.5) is 5.69 Å². The van der Waals surface area contributed by atoms with Crippen molar-refractivity contribution in [1.29, 1.82) is 0 Å². The molecule has 0 saturated carbocycles. The summed E-state index contributed by atoms with van der Waals surface area (Å²) in [5.41, 5.74) is 0.611. The molecule has 5 nitrogen and oxygen atoms in total. The molecule has 114 valence electrons. The highest BCUT2D eigenvalue weighted by molar-refractivity contribution is 9.10. The lowest BCUT2D eigenvalue weighted by Gasteiger charge is -2.34. The minimum Gasteiger partial charge on any atom is -0.334 e. The summed E-state index contributed by atoms with van der Waals surface area (Å²) >= 11 is 3.33. The quantitative estimate of drug-likeness (QED) is 0.826. The second kappa shape index (κ2) is 7.04. The SMILES string of the molecule is CN1CCC(N(C)C(=O)C(=O)Nc2cccc(Br)c2)CC1. The van der Waals surface area contributed by atoms with Crippen LogP contribution < -0.4 is 5.32 Å². The van der Waals surface area contributed by atoms with Crippen LogP contribution in [0, 0.1) is 0 Å². The number of halogens is 1. The van der Waals surface area contributed by atoms with E-state index in [4.69, 9.17) is 0 Å². The van der Waals surface area contributed by atoms with Gasteiger partial charge < -0.3 is 15.1 Å². The van der Waals surface area contributed by atoms with E-state index in [1.165, 1.54) is 0 Å². The largest absolute Gasteiger partial charge is 0.334 e. The fourth-order valence-corrected chi connectivity index (χ4v) is 2.86. The molecule has 6 heteroatoms. The van der Waals surface area contributed by atoms with Crippen molar-refractivity contribution in [2.24, 2.45) is 0 Å². The van der Waals surface area contributed by atoms with Gasteiger partial charge >= 0.3 is 11.8 Å². The molecule has 1 fully saturated rings. The summed E-state index contributed by atoms with van der Waals surface area (Å²) in [6.45, 7) is 1.91. The number of carbonyl (C=O) groups excluding carboxylic acids is 2. The van der Waals surface area contributed by atoms with Crippen LogP contribution in [0.25, 0.3) is 0 Å². The summed E-state index contributed by atoms with van der Waals surface area (Å²) in [6, 6.07) is 7.33. The van der Waals surface area contributed by atoms with Crippen LogP contribution in [0.2, 0.25) is 0 Å². The van der Waals surface area contributed by atoms with E-state index in [1.54, 1.807) is 24.1 Å². The molecular weight excluding hydrogens is 334 g/mol. The number of piperidine rings is 1. The van der Waals surface area contributed by atoms with Gasteiger partial charge in [0.2, 0.25) is 0 Å². The van der Waals surface area contributed by atoms with E-state index in [9.17, 15) is 9.59 Å². The summed E-state index contributed by atoms with van der Waals surface area (Å²) in [5.74, 6) is -1.07. The lowest BCUT2D eigenvalue weighted by atomic mass is 10.0. The van der Waals surface area contributed by atoms with Crippen LogP contribution in [-0.2, 0) is 9.59 Å². The number of hydrogen-bond acceptors (Lipinski definition) is 3. The maximum atomic E-state index is 12.2. The van der Waals surface area contributed by atoms with Gasteiger partial charge in [0.1, 0.15) is 0 Å². The van der Waals surface area contributed by atoms with Crippen LogP contribution in [-0.4, -0.2) is 54.8 Å². The van der Waals surface area contributed by atoms with Gasteiger partial charge in [-0.3, -0.25) is 9.59 Å². The standard InChI is InChI=1S/C15H20BrN3O2/c1-18-8-6-13(7-9-18)19(2)15(21)14(20)17-12-5-3-4-11(16)10-12/h3-5,10,13H,6-9H2,1-2H3,(H,17,20). The topological polar surface area (TPSA) is 52.7 Å². The predicted octanol–water partition coefficient (Wildman–Crippen LogP) is 1.94. The molecule has 1 aromatic rings. The van der Waals surface area contributed by atoms with Gasteiger partial charge in [0, 0.05) is 23.2 Å². The summed E-state index contributed by atoms with van der Waals surface area (Å²) in [6.07, 6.45) is 1.81. The first-order chi connectivity index (χ1) is 9.97. The van der Waals surface area contributed by atoms with Crippen molar-refractivity contribution in [2.45, 2.75) is 18.9 Å². The fourth-order valence-electron chi connectivity index (χ4n) is 2.46. The first kappa shape index (κ1) is 16.0. The molecular formula is C15H20BrN3O2. The molecule has 0 bridgehead atoms. The van der Waals surface area contributed by atoms with E-state index in [0.717, 1.165) is 30.4 Å². The molecule has 1 aromatic carbocycles. The third-order valence-electron chi connectivity index (χ3n) is 3.83. The van der Waals surface area contributed by atoms with Gasteiger partial charge in [0.15, 0.2) is 0 Å². The molecule has 1 aliphatic rings.